The molecule has 0 radical (unpaired) electrons. The number of carbonyl (C=O) groups excluding carboxylic acids is 2. The van der Waals surface area contributed by atoms with E-state index in [-0.39, 0.29) is 35.1 Å². The Morgan fingerprint density at radius 2 is 2.00 bits per heavy atom. The van der Waals surface area contributed by atoms with E-state index in [1.165, 1.54) is 6.92 Å². The molecule has 0 aromatic heterocycles. The van der Waals surface area contributed by atoms with Crippen molar-refractivity contribution < 1.29 is 23.5 Å². The largest absolute Gasteiger partial charge is 0.462 e. The lowest BCUT2D eigenvalue weighted by Crippen LogP contribution is -2.45. The van der Waals surface area contributed by atoms with Crippen LogP contribution in [-0.2, 0) is 23.5 Å². The number of hydrogen-bond donors (Lipinski definition) is 0. The molecule has 23 heavy (non-hydrogen) atoms. The molecule has 0 aromatic rings. The average molecular weight is 340 g/mol. The summed E-state index contributed by atoms with van der Waals surface area (Å²) in [6, 6.07) is 0. The molecule has 2 aliphatic rings. The summed E-state index contributed by atoms with van der Waals surface area (Å²) < 4.78 is 17.3. The van der Waals surface area contributed by atoms with Gasteiger partial charge in [-0.15, -0.1) is 0 Å². The molecule has 5 nitrogen and oxygen atoms in total. The fraction of sp³-hybridized carbons (Fsp3) is 0.765. The van der Waals surface area contributed by atoms with Crippen LogP contribution < -0.4 is 0 Å². The summed E-state index contributed by atoms with van der Waals surface area (Å²) in [6.07, 6.45) is 3.11. The Bertz CT molecular complexity index is 518. The van der Waals surface area contributed by atoms with Crippen molar-refractivity contribution in [3.8, 4) is 0 Å². The van der Waals surface area contributed by atoms with E-state index in [1.807, 2.05) is 6.08 Å². The lowest BCUT2D eigenvalue weighted by atomic mass is 9.95. The van der Waals surface area contributed by atoms with Gasteiger partial charge in [0.1, 0.15) is 18.0 Å². The molecular weight excluding hydrogens is 312 g/mol. The Morgan fingerprint density at radius 3 is 2.57 bits per heavy atom. The topological polar surface area (TPSA) is 61.8 Å². The quantitative estimate of drug-likeness (QED) is 0.581. The van der Waals surface area contributed by atoms with E-state index in [0.29, 0.717) is 25.0 Å². The monoisotopic (exact) mass is 340 g/mol. The maximum atomic E-state index is 11.6. The van der Waals surface area contributed by atoms with Crippen LogP contribution in [0.3, 0.4) is 0 Å². The van der Waals surface area contributed by atoms with Gasteiger partial charge in [-0.2, -0.15) is 0 Å². The van der Waals surface area contributed by atoms with Gasteiger partial charge in [0.2, 0.25) is 0 Å². The van der Waals surface area contributed by atoms with Crippen LogP contribution in [0.25, 0.3) is 0 Å². The maximum Gasteiger partial charge on any atom is 0.307 e. The van der Waals surface area contributed by atoms with E-state index in [1.54, 1.807) is 0 Å². The second-order valence-corrected chi connectivity index (χ2v) is 12.8. The molecule has 1 aliphatic heterocycles. The van der Waals surface area contributed by atoms with E-state index in [0.717, 1.165) is 0 Å². The van der Waals surface area contributed by atoms with Crippen LogP contribution >= 0.6 is 0 Å². The third-order valence-electron chi connectivity index (χ3n) is 5.13. The first-order valence-corrected chi connectivity index (χ1v) is 11.2. The van der Waals surface area contributed by atoms with Crippen molar-refractivity contribution in [2.24, 2.45) is 5.92 Å². The van der Waals surface area contributed by atoms with Gasteiger partial charge in [-0.05, 0) is 30.6 Å². The van der Waals surface area contributed by atoms with Gasteiger partial charge in [0, 0.05) is 19.3 Å². The van der Waals surface area contributed by atoms with Gasteiger partial charge in [-0.1, -0.05) is 20.8 Å². The second kappa shape index (κ2) is 6.40. The molecule has 1 saturated heterocycles. The number of ether oxygens (including phenoxy) is 2. The smallest absolute Gasteiger partial charge is 0.307 e. The van der Waals surface area contributed by atoms with Crippen molar-refractivity contribution in [3.63, 3.8) is 0 Å². The minimum atomic E-state index is -2.03. The van der Waals surface area contributed by atoms with Gasteiger partial charge < -0.3 is 13.9 Å². The second-order valence-electron chi connectivity index (χ2n) is 8.03. The predicted molar refractivity (Wildman–Crippen MR) is 89.1 cm³/mol. The zero-order valence-corrected chi connectivity index (χ0v) is 16.0. The highest BCUT2D eigenvalue weighted by molar-refractivity contribution is 6.74. The molecule has 0 bridgehead atoms. The number of carbonyl (C=O) groups is 2. The van der Waals surface area contributed by atoms with E-state index in [2.05, 4.69) is 33.9 Å². The fourth-order valence-corrected chi connectivity index (χ4v) is 4.08. The summed E-state index contributed by atoms with van der Waals surface area (Å²) in [6.45, 7) is 12.3. The lowest BCUT2D eigenvalue weighted by Gasteiger charge is -2.39. The van der Waals surface area contributed by atoms with Crippen LogP contribution in [0.4, 0.5) is 0 Å². The Kier molecular flexibility index (Phi) is 5.06. The van der Waals surface area contributed by atoms with Gasteiger partial charge in [-0.3, -0.25) is 9.59 Å². The summed E-state index contributed by atoms with van der Waals surface area (Å²) in [5.74, 6) is 0.217. The number of rotatable bonds is 3. The van der Waals surface area contributed by atoms with Gasteiger partial charge in [0.05, 0.1) is 6.42 Å². The molecule has 3 atom stereocenters. The molecule has 0 aromatic carbocycles. The highest BCUT2D eigenvalue weighted by Crippen LogP contribution is 2.41. The molecule has 6 heteroatoms. The zero-order valence-electron chi connectivity index (χ0n) is 15.0. The van der Waals surface area contributed by atoms with Crippen LogP contribution in [0, 0.1) is 5.92 Å². The summed E-state index contributed by atoms with van der Waals surface area (Å²) in [5.41, 5.74) is 0. The average Bonchev–Trinajstić information content (AvgIpc) is 2.65. The lowest BCUT2D eigenvalue weighted by molar-refractivity contribution is -0.141. The van der Waals surface area contributed by atoms with Crippen molar-refractivity contribution in [2.45, 2.75) is 77.3 Å². The molecule has 0 spiro atoms. The Hall–Kier alpha value is -1.14. The standard InChI is InChI=1S/C17H28O5Si/c1-11(18)20-14-8-7-13-12(10-16(19)21-13)9-15(14)22-23(5,6)17(2,3)4/h8,12-13,15H,7,9-10H2,1-6H3/t12-,13-,15-/m1/s1. The third-order valence-corrected chi connectivity index (χ3v) is 9.61. The van der Waals surface area contributed by atoms with Crippen LogP contribution in [0.2, 0.25) is 18.1 Å². The van der Waals surface area contributed by atoms with Crippen LogP contribution in [0.1, 0.15) is 47.0 Å². The van der Waals surface area contributed by atoms with Gasteiger partial charge in [0.15, 0.2) is 8.32 Å². The molecule has 0 unspecified atom stereocenters. The van der Waals surface area contributed by atoms with E-state index in [9.17, 15) is 9.59 Å². The van der Waals surface area contributed by atoms with Crippen LogP contribution in [-0.4, -0.2) is 32.5 Å². The van der Waals surface area contributed by atoms with Crippen molar-refractivity contribution in [3.05, 3.63) is 11.8 Å². The predicted octanol–water partition coefficient (Wildman–Crippen LogP) is 3.55. The molecule has 1 aliphatic carbocycles. The summed E-state index contributed by atoms with van der Waals surface area (Å²) in [5, 5.41) is 0.0576. The molecule has 2 rings (SSSR count). The molecular formula is C17H28O5Si. The Balaban J connectivity index is 2.24. The number of esters is 2. The third kappa shape index (κ3) is 4.23. The minimum Gasteiger partial charge on any atom is -0.462 e. The first-order valence-electron chi connectivity index (χ1n) is 8.25. The molecule has 1 heterocycles. The first-order chi connectivity index (χ1) is 10.5. The molecule has 0 amide bonds. The Labute approximate surface area is 139 Å². The van der Waals surface area contributed by atoms with Gasteiger partial charge in [0.25, 0.3) is 0 Å². The minimum absolute atomic E-state index is 0.0576. The van der Waals surface area contributed by atoms with E-state index in [4.69, 9.17) is 13.9 Å². The number of hydrogen-bond acceptors (Lipinski definition) is 5. The highest BCUT2D eigenvalue weighted by Gasteiger charge is 2.44. The highest BCUT2D eigenvalue weighted by atomic mass is 28.4. The normalized spacial score (nSPS) is 28.5. The maximum absolute atomic E-state index is 11.6. The SMILES string of the molecule is CC(=O)OC1=CC[C@H]2OC(=O)C[C@H]2C[C@H]1O[Si](C)(C)C(C)(C)C. The summed E-state index contributed by atoms with van der Waals surface area (Å²) in [4.78, 5) is 23.0. The Morgan fingerprint density at radius 1 is 1.35 bits per heavy atom. The summed E-state index contributed by atoms with van der Waals surface area (Å²) >= 11 is 0. The van der Waals surface area contributed by atoms with Crippen molar-refractivity contribution in [1.82, 2.24) is 0 Å². The van der Waals surface area contributed by atoms with Gasteiger partial charge in [-0.25, -0.2) is 0 Å². The van der Waals surface area contributed by atoms with Crippen molar-refractivity contribution >= 4 is 20.3 Å². The van der Waals surface area contributed by atoms with Crippen LogP contribution in [0.15, 0.2) is 11.8 Å². The zero-order chi connectivity index (χ0) is 17.4. The van der Waals surface area contributed by atoms with Crippen molar-refractivity contribution in [1.29, 1.82) is 0 Å². The van der Waals surface area contributed by atoms with Crippen molar-refractivity contribution in [2.75, 3.05) is 0 Å². The molecule has 0 N–H and O–H groups in total. The number of fused-ring (bicyclic) bond motifs is 1. The van der Waals surface area contributed by atoms with E-state index >= 15 is 0 Å². The first kappa shape index (κ1) is 18.2. The van der Waals surface area contributed by atoms with E-state index < -0.39 is 8.32 Å². The molecule has 1 fully saturated rings. The molecule has 130 valence electrons. The van der Waals surface area contributed by atoms with Gasteiger partial charge >= 0.3 is 11.9 Å². The fourth-order valence-electron chi connectivity index (χ4n) is 2.80. The molecule has 0 saturated carbocycles. The van der Waals surface area contributed by atoms with Crippen LogP contribution in [0.5, 0.6) is 0 Å². The summed E-state index contributed by atoms with van der Waals surface area (Å²) in [7, 11) is -2.03.